The van der Waals surface area contributed by atoms with E-state index in [1.54, 1.807) is 31.4 Å². The Labute approximate surface area is 205 Å². The van der Waals surface area contributed by atoms with Gasteiger partial charge in [-0.25, -0.2) is 9.78 Å². The molecule has 3 heterocycles. The normalized spacial score (nSPS) is 15.8. The van der Waals surface area contributed by atoms with Crippen molar-refractivity contribution >= 4 is 34.9 Å². The number of hydrogen-bond donors (Lipinski definition) is 2. The van der Waals surface area contributed by atoms with E-state index in [9.17, 15) is 9.59 Å². The second-order valence-corrected chi connectivity index (χ2v) is 9.86. The number of aryl methyl sites for hydroxylation is 2. The number of halogens is 1. The highest BCUT2D eigenvalue weighted by molar-refractivity contribution is 7.07. The molecule has 0 spiro atoms. The molecule has 3 amide bonds. The highest BCUT2D eigenvalue weighted by Gasteiger charge is 2.29. The molecule has 1 saturated heterocycles. The molecule has 2 N–H and O–H groups in total. The zero-order chi connectivity index (χ0) is 24.0. The summed E-state index contributed by atoms with van der Waals surface area (Å²) in [7, 11) is 1.69. The molecule has 1 aliphatic rings. The molecule has 180 valence electrons. The van der Waals surface area contributed by atoms with Crippen molar-refractivity contribution in [2.45, 2.75) is 58.7 Å². The predicted octanol–water partition coefficient (Wildman–Crippen LogP) is 4.23. The highest BCUT2D eigenvalue weighted by Crippen LogP contribution is 2.22. The standard InChI is InChI=1S/C24H34ClN5O2S/c1-16-13-21(25)28-18(3)22(16)23(31)27-9-5-17(2)29-10-6-20(7-11-29)30(24(32)26-4)14-19-8-12-33-15-19/h8,12-13,15,17,20H,5-7,9-11,14H2,1-4H3,(H,26,32)(H,27,31)/t17-/m1/s1. The van der Waals surface area contributed by atoms with Gasteiger partial charge in [0.2, 0.25) is 0 Å². The van der Waals surface area contributed by atoms with Gasteiger partial charge >= 0.3 is 6.03 Å². The van der Waals surface area contributed by atoms with Gasteiger partial charge in [0.25, 0.3) is 5.91 Å². The average Bonchev–Trinajstić information content (AvgIpc) is 3.29. The zero-order valence-corrected chi connectivity index (χ0v) is 21.4. The van der Waals surface area contributed by atoms with Crippen LogP contribution < -0.4 is 10.6 Å². The highest BCUT2D eigenvalue weighted by atomic mass is 35.5. The largest absolute Gasteiger partial charge is 0.352 e. The molecule has 33 heavy (non-hydrogen) atoms. The number of rotatable bonds is 8. The minimum atomic E-state index is -0.102. The van der Waals surface area contributed by atoms with Gasteiger partial charge in [0.1, 0.15) is 5.15 Å². The summed E-state index contributed by atoms with van der Waals surface area (Å²) in [6, 6.07) is 4.36. The summed E-state index contributed by atoms with van der Waals surface area (Å²) in [6.45, 7) is 9.02. The van der Waals surface area contributed by atoms with E-state index in [0.717, 1.165) is 37.9 Å². The number of hydrogen-bond acceptors (Lipinski definition) is 5. The Morgan fingerprint density at radius 2 is 2.06 bits per heavy atom. The topological polar surface area (TPSA) is 77.6 Å². The van der Waals surface area contributed by atoms with Crippen molar-refractivity contribution in [3.8, 4) is 0 Å². The number of carbonyl (C=O) groups excluding carboxylic acids is 2. The summed E-state index contributed by atoms with van der Waals surface area (Å²) in [4.78, 5) is 33.8. The van der Waals surface area contributed by atoms with Crippen LogP contribution in [0.15, 0.2) is 22.9 Å². The smallest absolute Gasteiger partial charge is 0.317 e. The first-order valence-electron chi connectivity index (χ1n) is 11.5. The molecule has 1 atom stereocenters. The molecule has 0 saturated carbocycles. The van der Waals surface area contributed by atoms with Crippen molar-refractivity contribution in [3.63, 3.8) is 0 Å². The molecule has 0 unspecified atom stereocenters. The summed E-state index contributed by atoms with van der Waals surface area (Å²) < 4.78 is 0. The fourth-order valence-corrected chi connectivity index (χ4v) is 5.47. The van der Waals surface area contributed by atoms with Crippen molar-refractivity contribution in [1.29, 1.82) is 0 Å². The van der Waals surface area contributed by atoms with Gasteiger partial charge in [-0.05, 0) is 74.1 Å². The molecule has 1 aliphatic heterocycles. The summed E-state index contributed by atoms with van der Waals surface area (Å²) in [5, 5.41) is 10.4. The third-order valence-corrected chi connectivity index (χ3v) is 7.34. The van der Waals surface area contributed by atoms with Crippen LogP contribution in [0.4, 0.5) is 4.79 Å². The van der Waals surface area contributed by atoms with Crippen molar-refractivity contribution in [3.05, 3.63) is 50.4 Å². The van der Waals surface area contributed by atoms with Crippen molar-refractivity contribution in [2.75, 3.05) is 26.7 Å². The monoisotopic (exact) mass is 491 g/mol. The Kier molecular flexibility index (Phi) is 9.11. The van der Waals surface area contributed by atoms with E-state index < -0.39 is 0 Å². The first kappa shape index (κ1) is 25.5. The molecule has 2 aromatic rings. The molecule has 9 heteroatoms. The molecule has 0 aromatic carbocycles. The minimum absolute atomic E-state index is 0.0160. The van der Waals surface area contributed by atoms with Gasteiger partial charge in [0.15, 0.2) is 0 Å². The van der Waals surface area contributed by atoms with Crippen LogP contribution in [0.5, 0.6) is 0 Å². The number of thiophene rings is 1. The van der Waals surface area contributed by atoms with Crippen LogP contribution in [0, 0.1) is 13.8 Å². The molecule has 1 fully saturated rings. The van der Waals surface area contributed by atoms with Crippen LogP contribution in [-0.2, 0) is 6.54 Å². The Balaban J connectivity index is 1.47. The van der Waals surface area contributed by atoms with E-state index in [2.05, 4.69) is 38.9 Å². The van der Waals surface area contributed by atoms with E-state index in [0.29, 0.717) is 35.5 Å². The van der Waals surface area contributed by atoms with Gasteiger partial charge in [-0.3, -0.25) is 4.79 Å². The van der Waals surface area contributed by atoms with E-state index in [-0.39, 0.29) is 18.0 Å². The van der Waals surface area contributed by atoms with Gasteiger partial charge in [-0.1, -0.05) is 11.6 Å². The number of aromatic nitrogens is 1. The van der Waals surface area contributed by atoms with Crippen LogP contribution in [0.3, 0.4) is 0 Å². The third kappa shape index (κ3) is 6.68. The fraction of sp³-hybridized carbons (Fsp3) is 0.542. The summed E-state index contributed by atoms with van der Waals surface area (Å²) >= 11 is 7.63. The first-order chi connectivity index (χ1) is 15.8. The summed E-state index contributed by atoms with van der Waals surface area (Å²) in [5.74, 6) is -0.102. The van der Waals surface area contributed by atoms with Crippen LogP contribution >= 0.6 is 22.9 Å². The SMILES string of the molecule is CNC(=O)N(Cc1ccsc1)C1CCN([C@H](C)CCNC(=O)c2c(C)cc(Cl)nc2C)CC1. The summed E-state index contributed by atoms with van der Waals surface area (Å²) in [5.41, 5.74) is 3.27. The van der Waals surface area contributed by atoms with Crippen LogP contribution in [0.25, 0.3) is 0 Å². The maximum absolute atomic E-state index is 12.6. The van der Waals surface area contributed by atoms with E-state index in [1.807, 2.05) is 17.2 Å². The maximum atomic E-state index is 12.6. The van der Waals surface area contributed by atoms with E-state index >= 15 is 0 Å². The van der Waals surface area contributed by atoms with Gasteiger partial charge < -0.3 is 20.4 Å². The number of nitrogens with zero attached hydrogens (tertiary/aromatic N) is 3. The van der Waals surface area contributed by atoms with Gasteiger partial charge in [0, 0.05) is 45.3 Å². The fourth-order valence-electron chi connectivity index (χ4n) is 4.52. The molecular formula is C24H34ClN5O2S. The molecular weight excluding hydrogens is 458 g/mol. The van der Waals surface area contributed by atoms with Gasteiger partial charge in [-0.15, -0.1) is 0 Å². The van der Waals surface area contributed by atoms with Crippen molar-refractivity contribution < 1.29 is 9.59 Å². The second-order valence-electron chi connectivity index (χ2n) is 8.70. The molecule has 0 aliphatic carbocycles. The Morgan fingerprint density at radius 1 is 1.33 bits per heavy atom. The van der Waals surface area contributed by atoms with Crippen molar-refractivity contribution in [2.24, 2.45) is 0 Å². The van der Waals surface area contributed by atoms with Crippen molar-refractivity contribution in [1.82, 2.24) is 25.4 Å². The summed E-state index contributed by atoms with van der Waals surface area (Å²) in [6.07, 6.45) is 2.76. The number of pyridine rings is 1. The molecule has 7 nitrogen and oxygen atoms in total. The molecule has 2 aromatic heterocycles. The number of carbonyl (C=O) groups is 2. The van der Waals surface area contributed by atoms with Gasteiger partial charge in [0.05, 0.1) is 11.3 Å². The lowest BCUT2D eigenvalue weighted by atomic mass is 10.0. The molecule has 3 rings (SSSR count). The lowest BCUT2D eigenvalue weighted by Crippen LogP contribution is -2.51. The first-order valence-corrected chi connectivity index (χ1v) is 12.8. The number of likely N-dealkylation sites (tertiary alicyclic amines) is 1. The molecule has 0 radical (unpaired) electrons. The Morgan fingerprint density at radius 3 is 2.67 bits per heavy atom. The van der Waals surface area contributed by atoms with Crippen LogP contribution in [-0.4, -0.2) is 65.5 Å². The lowest BCUT2D eigenvalue weighted by Gasteiger charge is -2.40. The Bertz CT molecular complexity index is 921. The predicted molar refractivity (Wildman–Crippen MR) is 134 cm³/mol. The number of nitrogens with one attached hydrogen (secondary N) is 2. The maximum Gasteiger partial charge on any atom is 0.317 e. The van der Waals surface area contributed by atoms with Crippen LogP contribution in [0.1, 0.15) is 53.4 Å². The second kappa shape index (κ2) is 11.8. The average molecular weight is 492 g/mol. The number of urea groups is 1. The minimum Gasteiger partial charge on any atom is -0.352 e. The van der Waals surface area contributed by atoms with E-state index in [1.165, 1.54) is 5.56 Å². The van der Waals surface area contributed by atoms with E-state index in [4.69, 9.17) is 11.6 Å². The van der Waals surface area contributed by atoms with Gasteiger partial charge in [-0.2, -0.15) is 11.3 Å². The number of piperidine rings is 1. The third-order valence-electron chi connectivity index (χ3n) is 6.41. The van der Waals surface area contributed by atoms with Crippen LogP contribution in [0.2, 0.25) is 5.15 Å². The molecule has 0 bridgehead atoms. The Hall–Kier alpha value is -2.16. The quantitative estimate of drug-likeness (QED) is 0.542. The lowest BCUT2D eigenvalue weighted by molar-refractivity contribution is 0.0907. The zero-order valence-electron chi connectivity index (χ0n) is 19.9. The number of amides is 3.